The molecule has 3 rings (SSSR count). The second-order valence-corrected chi connectivity index (χ2v) is 4.73. The first-order valence-corrected chi connectivity index (χ1v) is 6.54. The van der Waals surface area contributed by atoms with E-state index in [1.54, 1.807) is 0 Å². The molecule has 21 heavy (non-hydrogen) atoms. The van der Waals surface area contributed by atoms with Gasteiger partial charge in [0.05, 0.1) is 17.6 Å². The van der Waals surface area contributed by atoms with Crippen LogP contribution in [0.1, 0.15) is 18.0 Å². The van der Waals surface area contributed by atoms with E-state index < -0.39 is 4.92 Å². The van der Waals surface area contributed by atoms with Gasteiger partial charge in [0, 0.05) is 18.1 Å². The maximum Gasteiger partial charge on any atom is 0.311 e. The average Bonchev–Trinajstić information content (AvgIpc) is 2.47. The van der Waals surface area contributed by atoms with Crippen molar-refractivity contribution in [3.05, 3.63) is 52.1 Å². The molecule has 0 aliphatic carbocycles. The number of nitrogens with zero attached hydrogens (tertiary/aromatic N) is 2. The summed E-state index contributed by atoms with van der Waals surface area (Å²) in [7, 11) is 0. The first-order valence-electron chi connectivity index (χ1n) is 6.54. The molecule has 1 aliphatic rings. The molecule has 108 valence electrons. The van der Waals surface area contributed by atoms with Gasteiger partial charge in [0.1, 0.15) is 11.6 Å². The van der Waals surface area contributed by atoms with Gasteiger partial charge in [-0.05, 0) is 12.1 Å². The monoisotopic (exact) mass is 286 g/mol. The van der Waals surface area contributed by atoms with Crippen molar-refractivity contribution in [2.45, 2.75) is 12.5 Å². The first kappa shape index (κ1) is 13.2. The largest absolute Gasteiger partial charge is 0.493 e. The Bertz CT molecular complexity index is 690. The maximum absolute atomic E-state index is 11.1. The zero-order chi connectivity index (χ0) is 14.8. The average molecular weight is 286 g/mol. The zero-order valence-electron chi connectivity index (χ0n) is 11.2. The number of hydrogen-bond acceptors (Lipinski definition) is 6. The Kier molecular flexibility index (Phi) is 3.31. The van der Waals surface area contributed by atoms with Crippen LogP contribution in [0.4, 0.5) is 17.3 Å². The van der Waals surface area contributed by atoms with Gasteiger partial charge in [-0.15, -0.1) is 0 Å². The van der Waals surface area contributed by atoms with Crippen molar-refractivity contribution in [3.8, 4) is 5.75 Å². The van der Waals surface area contributed by atoms with Crippen LogP contribution in [0.15, 0.2) is 36.4 Å². The van der Waals surface area contributed by atoms with E-state index in [1.165, 1.54) is 12.1 Å². The molecule has 1 aromatic heterocycles. The smallest absolute Gasteiger partial charge is 0.311 e. The molecule has 3 N–H and O–H groups in total. The van der Waals surface area contributed by atoms with E-state index >= 15 is 0 Å². The van der Waals surface area contributed by atoms with Crippen molar-refractivity contribution in [3.63, 3.8) is 0 Å². The number of benzene rings is 1. The van der Waals surface area contributed by atoms with Gasteiger partial charge in [-0.1, -0.05) is 18.2 Å². The zero-order valence-corrected chi connectivity index (χ0v) is 11.2. The fourth-order valence-corrected chi connectivity index (χ4v) is 2.38. The van der Waals surface area contributed by atoms with E-state index in [1.807, 2.05) is 24.3 Å². The molecule has 1 unspecified atom stereocenters. The molecule has 0 amide bonds. The number of nitrogens with two attached hydrogens (primary N) is 1. The number of rotatable bonds is 3. The van der Waals surface area contributed by atoms with Gasteiger partial charge in [-0.3, -0.25) is 10.1 Å². The van der Waals surface area contributed by atoms with E-state index in [4.69, 9.17) is 10.5 Å². The predicted octanol–water partition coefficient (Wildman–Crippen LogP) is 2.51. The Hall–Kier alpha value is -2.83. The van der Waals surface area contributed by atoms with Gasteiger partial charge in [-0.2, -0.15) is 0 Å². The number of aromatic nitrogens is 1. The Labute approximate surface area is 120 Å². The van der Waals surface area contributed by atoms with E-state index in [2.05, 4.69) is 10.3 Å². The van der Waals surface area contributed by atoms with Crippen LogP contribution < -0.4 is 15.8 Å². The maximum atomic E-state index is 11.1. The summed E-state index contributed by atoms with van der Waals surface area (Å²) >= 11 is 0. The fraction of sp³-hybridized carbons (Fsp3) is 0.214. The minimum atomic E-state index is -0.472. The summed E-state index contributed by atoms with van der Waals surface area (Å²) < 4.78 is 5.57. The molecular formula is C14H14N4O3. The number of nitrogens with one attached hydrogen (secondary N) is 1. The molecule has 2 heterocycles. The molecule has 1 aliphatic heterocycles. The number of para-hydroxylation sites is 1. The lowest BCUT2D eigenvalue weighted by Gasteiger charge is -2.26. The number of ether oxygens (including phenoxy) is 1. The minimum absolute atomic E-state index is 0.0897. The topological polar surface area (TPSA) is 103 Å². The van der Waals surface area contributed by atoms with Crippen LogP contribution in [0.5, 0.6) is 5.75 Å². The van der Waals surface area contributed by atoms with Gasteiger partial charge in [0.25, 0.3) is 0 Å². The summed E-state index contributed by atoms with van der Waals surface area (Å²) in [6, 6.07) is 10.3. The highest BCUT2D eigenvalue weighted by Gasteiger charge is 2.24. The molecule has 0 saturated heterocycles. The summed E-state index contributed by atoms with van der Waals surface area (Å²) in [5.41, 5.74) is 6.50. The van der Waals surface area contributed by atoms with E-state index in [-0.39, 0.29) is 23.4 Å². The Morgan fingerprint density at radius 2 is 2.14 bits per heavy atom. The third-order valence-corrected chi connectivity index (χ3v) is 3.36. The highest BCUT2D eigenvalue weighted by atomic mass is 16.6. The van der Waals surface area contributed by atoms with Crippen LogP contribution in [0.25, 0.3) is 0 Å². The predicted molar refractivity (Wildman–Crippen MR) is 78.2 cm³/mol. The molecule has 1 aromatic carbocycles. The van der Waals surface area contributed by atoms with Crippen LogP contribution >= 0.6 is 0 Å². The number of hydrogen-bond donors (Lipinski definition) is 2. The first-order chi connectivity index (χ1) is 10.1. The lowest BCUT2D eigenvalue weighted by Crippen LogP contribution is -2.21. The molecule has 7 heteroatoms. The van der Waals surface area contributed by atoms with Crippen LogP contribution in [-0.2, 0) is 0 Å². The third kappa shape index (κ3) is 2.58. The highest BCUT2D eigenvalue weighted by molar-refractivity contribution is 5.60. The second kappa shape index (κ2) is 5.28. The Morgan fingerprint density at radius 3 is 2.95 bits per heavy atom. The van der Waals surface area contributed by atoms with E-state index in [0.717, 1.165) is 11.3 Å². The van der Waals surface area contributed by atoms with Crippen LogP contribution in [0.2, 0.25) is 0 Å². The SMILES string of the molecule is Nc1ccc([N+](=O)[O-])c(NC2CCOc3ccccc32)n1. The molecule has 0 bridgehead atoms. The van der Waals surface area contributed by atoms with Crippen molar-refractivity contribution < 1.29 is 9.66 Å². The number of pyridine rings is 1. The molecule has 0 saturated carbocycles. The number of fused-ring (bicyclic) bond motifs is 1. The lowest BCUT2D eigenvalue weighted by atomic mass is 10.0. The summed E-state index contributed by atoms with van der Waals surface area (Å²) in [4.78, 5) is 14.7. The van der Waals surface area contributed by atoms with Crippen molar-refractivity contribution >= 4 is 17.3 Å². The molecule has 0 fully saturated rings. The molecule has 7 nitrogen and oxygen atoms in total. The van der Waals surface area contributed by atoms with E-state index in [9.17, 15) is 10.1 Å². The summed E-state index contributed by atoms with van der Waals surface area (Å²) in [6.07, 6.45) is 0.699. The fourth-order valence-electron chi connectivity index (χ4n) is 2.38. The third-order valence-electron chi connectivity index (χ3n) is 3.36. The van der Waals surface area contributed by atoms with Gasteiger partial charge in [0.15, 0.2) is 0 Å². The normalized spacial score (nSPS) is 16.7. The van der Waals surface area contributed by atoms with Crippen LogP contribution in [0, 0.1) is 10.1 Å². The van der Waals surface area contributed by atoms with Gasteiger partial charge in [-0.25, -0.2) is 4.98 Å². The molecule has 0 radical (unpaired) electrons. The Balaban J connectivity index is 1.95. The second-order valence-electron chi connectivity index (χ2n) is 4.73. The highest BCUT2D eigenvalue weighted by Crippen LogP contribution is 2.35. The summed E-state index contributed by atoms with van der Waals surface area (Å²) in [5, 5.41) is 14.2. The van der Waals surface area contributed by atoms with Gasteiger partial charge in [0.2, 0.25) is 5.82 Å². The lowest BCUT2D eigenvalue weighted by molar-refractivity contribution is -0.384. The summed E-state index contributed by atoms with van der Waals surface area (Å²) in [5.74, 6) is 1.21. The standard InChI is InChI=1S/C14H14N4O3/c15-13-6-5-11(18(19)20)14(17-13)16-10-7-8-21-12-4-2-1-3-9(10)12/h1-6,10H,7-8H2,(H3,15,16,17). The summed E-state index contributed by atoms with van der Waals surface area (Å²) in [6.45, 7) is 0.546. The number of anilines is 2. The number of nitro groups is 1. The van der Waals surface area contributed by atoms with Crippen molar-refractivity contribution in [1.29, 1.82) is 0 Å². The Morgan fingerprint density at radius 1 is 1.33 bits per heavy atom. The number of nitrogen functional groups attached to an aromatic ring is 1. The van der Waals surface area contributed by atoms with Gasteiger partial charge >= 0.3 is 5.69 Å². The van der Waals surface area contributed by atoms with Crippen molar-refractivity contribution in [2.24, 2.45) is 0 Å². The molecule has 0 spiro atoms. The van der Waals surface area contributed by atoms with Crippen molar-refractivity contribution in [2.75, 3.05) is 17.7 Å². The molecule has 2 aromatic rings. The van der Waals surface area contributed by atoms with Crippen molar-refractivity contribution in [1.82, 2.24) is 4.98 Å². The molecule has 1 atom stereocenters. The van der Waals surface area contributed by atoms with Crippen LogP contribution in [-0.4, -0.2) is 16.5 Å². The van der Waals surface area contributed by atoms with E-state index in [0.29, 0.717) is 13.0 Å². The van der Waals surface area contributed by atoms with Gasteiger partial charge < -0.3 is 15.8 Å². The molecular weight excluding hydrogens is 272 g/mol. The van der Waals surface area contributed by atoms with Crippen LogP contribution in [0.3, 0.4) is 0 Å². The minimum Gasteiger partial charge on any atom is -0.493 e. The quantitative estimate of drug-likeness (QED) is 0.663.